The minimum atomic E-state index is -0.829. The third-order valence-corrected chi connectivity index (χ3v) is 3.75. The highest BCUT2D eigenvalue weighted by molar-refractivity contribution is 5.82. The molecule has 2 rings (SSSR count). The van der Waals surface area contributed by atoms with Crippen molar-refractivity contribution in [2.45, 2.75) is 32.3 Å². The Kier molecular flexibility index (Phi) is 5.20. The summed E-state index contributed by atoms with van der Waals surface area (Å²) in [4.78, 5) is 25.2. The number of nitrogens with zero attached hydrogens (tertiary/aromatic N) is 1. The van der Waals surface area contributed by atoms with Gasteiger partial charge in [0.1, 0.15) is 5.75 Å². The number of carboxylic acids is 1. The maximum absolute atomic E-state index is 12.5. The van der Waals surface area contributed by atoms with E-state index in [0.717, 1.165) is 6.42 Å². The molecule has 114 valence electrons. The molecule has 5 heteroatoms. The predicted octanol–water partition coefficient (Wildman–Crippen LogP) is 2.17. The molecule has 0 saturated carbocycles. The fourth-order valence-corrected chi connectivity index (χ4v) is 2.55. The van der Waals surface area contributed by atoms with Crippen molar-refractivity contribution in [3.8, 4) is 5.75 Å². The zero-order valence-electron chi connectivity index (χ0n) is 12.2. The minimum absolute atomic E-state index is 0.118. The fourth-order valence-electron chi connectivity index (χ4n) is 2.55. The van der Waals surface area contributed by atoms with E-state index in [4.69, 9.17) is 9.84 Å². The molecule has 21 heavy (non-hydrogen) atoms. The van der Waals surface area contributed by atoms with E-state index in [1.807, 2.05) is 37.3 Å². The monoisotopic (exact) mass is 291 g/mol. The van der Waals surface area contributed by atoms with Crippen molar-refractivity contribution in [2.24, 2.45) is 5.92 Å². The Morgan fingerprint density at radius 2 is 2.10 bits per heavy atom. The Hall–Kier alpha value is -2.04. The molecular weight excluding hydrogens is 270 g/mol. The van der Waals surface area contributed by atoms with E-state index < -0.39 is 18.0 Å². The van der Waals surface area contributed by atoms with E-state index in [0.29, 0.717) is 25.1 Å². The van der Waals surface area contributed by atoms with Crippen LogP contribution in [0.25, 0.3) is 0 Å². The maximum atomic E-state index is 12.5. The number of carboxylic acid groups (broad SMARTS) is 1. The molecule has 1 saturated heterocycles. The van der Waals surface area contributed by atoms with Crippen LogP contribution in [-0.2, 0) is 9.59 Å². The summed E-state index contributed by atoms with van der Waals surface area (Å²) in [5.41, 5.74) is 0. The van der Waals surface area contributed by atoms with Crippen molar-refractivity contribution in [1.29, 1.82) is 0 Å². The van der Waals surface area contributed by atoms with Gasteiger partial charge < -0.3 is 14.7 Å². The Bertz CT molecular complexity index is 488. The highest BCUT2D eigenvalue weighted by Crippen LogP contribution is 2.20. The first-order valence-corrected chi connectivity index (χ1v) is 7.35. The molecule has 0 aliphatic carbocycles. The third-order valence-electron chi connectivity index (χ3n) is 3.75. The standard InChI is InChI=1S/C16H21NO4/c1-2-14(21-13-8-4-3-5-9-13)15(18)17-10-6-7-12(11-17)16(19)20/h3-5,8-9,12,14H,2,6-7,10-11H2,1H3,(H,19,20)/t12-,14-/m1/s1. The van der Waals surface area contributed by atoms with Crippen molar-refractivity contribution in [1.82, 2.24) is 4.90 Å². The van der Waals surface area contributed by atoms with Crippen molar-refractivity contribution < 1.29 is 19.4 Å². The number of amides is 1. The summed E-state index contributed by atoms with van der Waals surface area (Å²) < 4.78 is 5.74. The van der Waals surface area contributed by atoms with Crippen molar-refractivity contribution >= 4 is 11.9 Å². The summed E-state index contributed by atoms with van der Waals surface area (Å²) in [7, 11) is 0. The molecule has 0 spiro atoms. The molecule has 5 nitrogen and oxygen atoms in total. The second-order valence-corrected chi connectivity index (χ2v) is 5.29. The molecule has 0 bridgehead atoms. The Balaban J connectivity index is 2.00. The van der Waals surface area contributed by atoms with Gasteiger partial charge in [-0.25, -0.2) is 0 Å². The van der Waals surface area contributed by atoms with Crippen LogP contribution < -0.4 is 4.74 Å². The van der Waals surface area contributed by atoms with Gasteiger partial charge in [-0.05, 0) is 31.4 Å². The number of aliphatic carboxylic acids is 1. The van der Waals surface area contributed by atoms with E-state index in [1.165, 1.54) is 0 Å². The molecule has 1 heterocycles. The van der Waals surface area contributed by atoms with Crippen molar-refractivity contribution in [3.05, 3.63) is 30.3 Å². The second-order valence-electron chi connectivity index (χ2n) is 5.29. The van der Waals surface area contributed by atoms with E-state index >= 15 is 0 Å². The lowest BCUT2D eigenvalue weighted by Crippen LogP contribution is -2.48. The van der Waals surface area contributed by atoms with Gasteiger partial charge in [-0.1, -0.05) is 25.1 Å². The largest absolute Gasteiger partial charge is 0.481 e. The summed E-state index contributed by atoms with van der Waals surface area (Å²) in [6.45, 7) is 2.78. The lowest BCUT2D eigenvalue weighted by Gasteiger charge is -2.33. The zero-order valence-corrected chi connectivity index (χ0v) is 12.2. The van der Waals surface area contributed by atoms with Crippen LogP contribution in [0.15, 0.2) is 30.3 Å². The number of likely N-dealkylation sites (tertiary alicyclic amines) is 1. The van der Waals surface area contributed by atoms with E-state index in [1.54, 1.807) is 4.90 Å². The van der Waals surface area contributed by atoms with Gasteiger partial charge in [0.25, 0.3) is 5.91 Å². The minimum Gasteiger partial charge on any atom is -0.481 e. The SMILES string of the molecule is CC[C@@H](Oc1ccccc1)C(=O)N1CCC[C@@H](C(=O)O)C1. The van der Waals surface area contributed by atoms with Gasteiger partial charge in [-0.15, -0.1) is 0 Å². The van der Waals surface area contributed by atoms with E-state index in [9.17, 15) is 9.59 Å². The number of rotatable bonds is 5. The average molecular weight is 291 g/mol. The number of hydrogen-bond acceptors (Lipinski definition) is 3. The fraction of sp³-hybridized carbons (Fsp3) is 0.500. The summed E-state index contributed by atoms with van der Waals surface area (Å²) in [6, 6.07) is 9.22. The number of para-hydroxylation sites is 1. The van der Waals surface area contributed by atoms with Crippen LogP contribution in [0.2, 0.25) is 0 Å². The van der Waals surface area contributed by atoms with Crippen LogP contribution in [0.5, 0.6) is 5.75 Å². The predicted molar refractivity (Wildman–Crippen MR) is 78.1 cm³/mol. The van der Waals surface area contributed by atoms with Gasteiger partial charge in [0.15, 0.2) is 6.10 Å². The number of carbonyl (C=O) groups is 2. The second kappa shape index (κ2) is 7.11. The molecule has 1 aliphatic rings. The summed E-state index contributed by atoms with van der Waals surface area (Å²) in [5.74, 6) is -0.752. The molecule has 1 N–H and O–H groups in total. The lowest BCUT2D eigenvalue weighted by molar-refractivity contribution is -0.148. The van der Waals surface area contributed by atoms with E-state index in [2.05, 4.69) is 0 Å². The molecule has 0 aromatic heterocycles. The number of hydrogen-bond donors (Lipinski definition) is 1. The van der Waals surface area contributed by atoms with Crippen LogP contribution in [0.4, 0.5) is 0 Å². The molecule has 2 atom stereocenters. The topological polar surface area (TPSA) is 66.8 Å². The van der Waals surface area contributed by atoms with Gasteiger partial charge in [-0.2, -0.15) is 0 Å². The summed E-state index contributed by atoms with van der Waals surface area (Å²) >= 11 is 0. The number of ether oxygens (including phenoxy) is 1. The van der Waals surface area contributed by atoms with Crippen LogP contribution in [-0.4, -0.2) is 41.1 Å². The number of benzene rings is 1. The van der Waals surface area contributed by atoms with Crippen LogP contribution in [0.3, 0.4) is 0 Å². The number of carbonyl (C=O) groups excluding carboxylic acids is 1. The molecular formula is C16H21NO4. The Morgan fingerprint density at radius 3 is 2.71 bits per heavy atom. The molecule has 1 aliphatic heterocycles. The van der Waals surface area contributed by atoms with Gasteiger partial charge in [0.05, 0.1) is 5.92 Å². The molecule has 0 unspecified atom stereocenters. The first-order chi connectivity index (χ1) is 10.1. The Morgan fingerprint density at radius 1 is 1.38 bits per heavy atom. The summed E-state index contributed by atoms with van der Waals surface area (Å²) in [6.07, 6.45) is 1.36. The third kappa shape index (κ3) is 3.97. The smallest absolute Gasteiger partial charge is 0.308 e. The lowest BCUT2D eigenvalue weighted by atomic mass is 9.97. The molecule has 1 aromatic carbocycles. The van der Waals surface area contributed by atoms with Gasteiger partial charge in [0, 0.05) is 13.1 Å². The van der Waals surface area contributed by atoms with Crippen molar-refractivity contribution in [3.63, 3.8) is 0 Å². The Labute approximate surface area is 124 Å². The molecule has 0 radical (unpaired) electrons. The van der Waals surface area contributed by atoms with Gasteiger partial charge in [-0.3, -0.25) is 9.59 Å². The van der Waals surface area contributed by atoms with Crippen LogP contribution in [0, 0.1) is 5.92 Å². The normalized spacial score (nSPS) is 19.9. The van der Waals surface area contributed by atoms with E-state index in [-0.39, 0.29) is 12.5 Å². The highest BCUT2D eigenvalue weighted by Gasteiger charge is 2.31. The van der Waals surface area contributed by atoms with Gasteiger partial charge in [0.2, 0.25) is 0 Å². The number of piperidine rings is 1. The highest BCUT2D eigenvalue weighted by atomic mass is 16.5. The first kappa shape index (κ1) is 15.4. The quantitative estimate of drug-likeness (QED) is 0.903. The molecule has 1 amide bonds. The van der Waals surface area contributed by atoms with Crippen LogP contribution in [0.1, 0.15) is 26.2 Å². The average Bonchev–Trinajstić information content (AvgIpc) is 2.53. The van der Waals surface area contributed by atoms with Crippen molar-refractivity contribution in [2.75, 3.05) is 13.1 Å². The molecule has 1 aromatic rings. The van der Waals surface area contributed by atoms with Crippen LogP contribution >= 0.6 is 0 Å². The first-order valence-electron chi connectivity index (χ1n) is 7.35. The zero-order chi connectivity index (χ0) is 15.2. The van der Waals surface area contributed by atoms with Gasteiger partial charge >= 0.3 is 5.97 Å². The molecule has 1 fully saturated rings. The summed E-state index contributed by atoms with van der Waals surface area (Å²) in [5, 5.41) is 9.10. The maximum Gasteiger partial charge on any atom is 0.308 e.